The van der Waals surface area contributed by atoms with Gasteiger partial charge in [-0.1, -0.05) is 22.0 Å². The van der Waals surface area contributed by atoms with Gasteiger partial charge in [0.1, 0.15) is 5.58 Å². The van der Waals surface area contributed by atoms with Gasteiger partial charge in [-0.25, -0.2) is 0 Å². The van der Waals surface area contributed by atoms with E-state index in [2.05, 4.69) is 21.2 Å². The zero-order valence-electron chi connectivity index (χ0n) is 12.2. The number of hydrogen-bond acceptors (Lipinski definition) is 2. The molecular formula is C17H11BrF3NO2. The number of benzene rings is 2. The molecule has 0 unspecified atom stereocenters. The Morgan fingerprint density at radius 3 is 2.71 bits per heavy atom. The Labute approximate surface area is 143 Å². The highest BCUT2D eigenvalue weighted by Crippen LogP contribution is 2.31. The predicted octanol–water partition coefficient (Wildman–Crippen LogP) is 5.40. The minimum atomic E-state index is -4.45. The van der Waals surface area contributed by atoms with E-state index in [0.717, 1.165) is 22.0 Å². The maximum absolute atomic E-state index is 12.7. The molecule has 7 heteroatoms. The maximum atomic E-state index is 12.7. The van der Waals surface area contributed by atoms with Crippen molar-refractivity contribution in [2.24, 2.45) is 0 Å². The molecule has 124 valence electrons. The Hall–Kier alpha value is -2.28. The quantitative estimate of drug-likeness (QED) is 0.643. The van der Waals surface area contributed by atoms with Crippen LogP contribution in [0.25, 0.3) is 11.0 Å². The first-order chi connectivity index (χ1) is 11.3. The van der Waals surface area contributed by atoms with Gasteiger partial charge in [0.15, 0.2) is 0 Å². The summed E-state index contributed by atoms with van der Waals surface area (Å²) in [6.45, 7) is 0. The smallest absolute Gasteiger partial charge is 0.416 e. The molecule has 0 aliphatic heterocycles. The lowest BCUT2D eigenvalue weighted by Crippen LogP contribution is -2.15. The standard InChI is InChI=1S/C17H11BrF3NO2/c18-12-4-5-15-14(8-12)10(9-24-15)6-16(23)22-13-3-1-2-11(7-13)17(19,20)21/h1-5,7-9H,6H2,(H,22,23). The second-order valence-electron chi connectivity index (χ2n) is 5.20. The molecule has 0 aliphatic carbocycles. The normalized spacial score (nSPS) is 11.7. The van der Waals surface area contributed by atoms with E-state index in [9.17, 15) is 18.0 Å². The SMILES string of the molecule is O=C(Cc1coc2ccc(Br)cc12)Nc1cccc(C(F)(F)F)c1. The average molecular weight is 398 g/mol. The summed E-state index contributed by atoms with van der Waals surface area (Å²) in [5.74, 6) is -0.419. The number of alkyl halides is 3. The molecule has 3 aromatic rings. The number of carbonyl (C=O) groups is 1. The van der Waals surface area contributed by atoms with Crippen molar-refractivity contribution in [1.82, 2.24) is 0 Å². The van der Waals surface area contributed by atoms with Crippen LogP contribution in [0.5, 0.6) is 0 Å². The third-order valence-corrected chi connectivity index (χ3v) is 3.93. The molecule has 0 fully saturated rings. The van der Waals surface area contributed by atoms with E-state index in [1.807, 2.05) is 12.1 Å². The van der Waals surface area contributed by atoms with Crippen LogP contribution in [0.15, 0.2) is 57.6 Å². The molecule has 3 nitrogen and oxygen atoms in total. The number of hydrogen-bond donors (Lipinski definition) is 1. The molecule has 0 atom stereocenters. The lowest BCUT2D eigenvalue weighted by Gasteiger charge is -2.09. The van der Waals surface area contributed by atoms with Crippen molar-refractivity contribution in [2.75, 3.05) is 5.32 Å². The van der Waals surface area contributed by atoms with E-state index in [4.69, 9.17) is 4.42 Å². The summed E-state index contributed by atoms with van der Waals surface area (Å²) in [5.41, 5.74) is 0.595. The van der Waals surface area contributed by atoms with Gasteiger partial charge in [-0.3, -0.25) is 4.79 Å². The summed E-state index contributed by atoms with van der Waals surface area (Å²) in [5, 5.41) is 3.26. The predicted molar refractivity (Wildman–Crippen MR) is 87.7 cm³/mol. The van der Waals surface area contributed by atoms with Crippen LogP contribution in [0.4, 0.5) is 18.9 Å². The van der Waals surface area contributed by atoms with E-state index in [1.54, 1.807) is 6.07 Å². The average Bonchev–Trinajstić information content (AvgIpc) is 2.89. The summed E-state index contributed by atoms with van der Waals surface area (Å²) in [7, 11) is 0. The molecule has 1 heterocycles. The zero-order valence-corrected chi connectivity index (χ0v) is 13.7. The van der Waals surface area contributed by atoms with Crippen molar-refractivity contribution in [3.63, 3.8) is 0 Å². The fourth-order valence-electron chi connectivity index (χ4n) is 2.34. The number of fused-ring (bicyclic) bond motifs is 1. The Kier molecular flexibility index (Phi) is 4.36. The fraction of sp³-hybridized carbons (Fsp3) is 0.118. The molecule has 1 amide bonds. The number of anilines is 1. The Balaban J connectivity index is 1.77. The number of rotatable bonds is 3. The zero-order chi connectivity index (χ0) is 17.3. The van der Waals surface area contributed by atoms with Crippen molar-refractivity contribution in [3.05, 3.63) is 64.3 Å². The summed E-state index contributed by atoms with van der Waals surface area (Å²) in [4.78, 5) is 12.1. The molecule has 3 rings (SSSR count). The van der Waals surface area contributed by atoms with Gasteiger partial charge < -0.3 is 9.73 Å². The molecule has 0 saturated heterocycles. The van der Waals surface area contributed by atoms with Gasteiger partial charge >= 0.3 is 6.18 Å². The lowest BCUT2D eigenvalue weighted by molar-refractivity contribution is -0.137. The van der Waals surface area contributed by atoms with Gasteiger partial charge in [0.2, 0.25) is 5.91 Å². The highest BCUT2D eigenvalue weighted by Gasteiger charge is 2.30. The third-order valence-electron chi connectivity index (χ3n) is 3.44. The summed E-state index contributed by atoms with van der Waals surface area (Å²) < 4.78 is 44.3. The van der Waals surface area contributed by atoms with E-state index in [0.29, 0.717) is 11.1 Å². The third kappa shape index (κ3) is 3.62. The summed E-state index contributed by atoms with van der Waals surface area (Å²) in [6, 6.07) is 9.94. The molecule has 1 aromatic heterocycles. The van der Waals surface area contributed by atoms with Gasteiger partial charge in [0.05, 0.1) is 18.2 Å². The van der Waals surface area contributed by atoms with Crippen molar-refractivity contribution >= 4 is 38.5 Å². The highest BCUT2D eigenvalue weighted by atomic mass is 79.9. The van der Waals surface area contributed by atoms with Crippen LogP contribution in [0.3, 0.4) is 0 Å². The van der Waals surface area contributed by atoms with Crippen LogP contribution in [0, 0.1) is 0 Å². The van der Waals surface area contributed by atoms with Gasteiger partial charge in [-0.05, 0) is 36.4 Å². The number of halogens is 4. The van der Waals surface area contributed by atoms with E-state index >= 15 is 0 Å². The van der Waals surface area contributed by atoms with E-state index in [-0.39, 0.29) is 12.1 Å². The monoisotopic (exact) mass is 397 g/mol. The van der Waals surface area contributed by atoms with Gasteiger partial charge in [0, 0.05) is 21.1 Å². The summed E-state index contributed by atoms with van der Waals surface area (Å²) in [6.07, 6.45) is -2.98. The van der Waals surface area contributed by atoms with Crippen molar-refractivity contribution in [1.29, 1.82) is 0 Å². The van der Waals surface area contributed by atoms with Crippen molar-refractivity contribution in [3.8, 4) is 0 Å². The molecule has 2 aromatic carbocycles. The van der Waals surface area contributed by atoms with Crippen molar-refractivity contribution in [2.45, 2.75) is 12.6 Å². The molecular weight excluding hydrogens is 387 g/mol. The van der Waals surface area contributed by atoms with E-state index in [1.165, 1.54) is 18.4 Å². The fourth-order valence-corrected chi connectivity index (χ4v) is 2.70. The first-order valence-electron chi connectivity index (χ1n) is 6.96. The Morgan fingerprint density at radius 1 is 1.17 bits per heavy atom. The number of amides is 1. The second-order valence-corrected chi connectivity index (χ2v) is 6.12. The number of furan rings is 1. The molecule has 0 bridgehead atoms. The van der Waals surface area contributed by atoms with E-state index < -0.39 is 17.6 Å². The topological polar surface area (TPSA) is 42.2 Å². The first-order valence-corrected chi connectivity index (χ1v) is 7.75. The molecule has 0 spiro atoms. The number of carbonyl (C=O) groups excluding carboxylic acids is 1. The van der Waals surface area contributed by atoms with Gasteiger partial charge in [0.25, 0.3) is 0 Å². The van der Waals surface area contributed by atoms with Crippen LogP contribution >= 0.6 is 15.9 Å². The minimum Gasteiger partial charge on any atom is -0.464 e. The minimum absolute atomic E-state index is 0.000299. The second kappa shape index (κ2) is 6.32. The molecule has 0 saturated carbocycles. The number of nitrogens with one attached hydrogen (secondary N) is 1. The maximum Gasteiger partial charge on any atom is 0.416 e. The van der Waals surface area contributed by atoms with Crippen LogP contribution in [-0.2, 0) is 17.4 Å². The van der Waals surface area contributed by atoms with Crippen LogP contribution in [0.2, 0.25) is 0 Å². The Bertz CT molecular complexity index is 902. The van der Waals surface area contributed by atoms with Gasteiger partial charge in [-0.15, -0.1) is 0 Å². The van der Waals surface area contributed by atoms with Gasteiger partial charge in [-0.2, -0.15) is 13.2 Å². The van der Waals surface area contributed by atoms with Crippen LogP contribution < -0.4 is 5.32 Å². The summed E-state index contributed by atoms with van der Waals surface area (Å²) >= 11 is 3.35. The molecule has 24 heavy (non-hydrogen) atoms. The largest absolute Gasteiger partial charge is 0.464 e. The van der Waals surface area contributed by atoms with Crippen LogP contribution in [0.1, 0.15) is 11.1 Å². The highest BCUT2D eigenvalue weighted by molar-refractivity contribution is 9.10. The lowest BCUT2D eigenvalue weighted by atomic mass is 10.1. The Morgan fingerprint density at radius 2 is 1.96 bits per heavy atom. The van der Waals surface area contributed by atoms with Crippen LogP contribution in [-0.4, -0.2) is 5.91 Å². The molecule has 0 radical (unpaired) electrons. The molecule has 1 N–H and O–H groups in total. The molecule has 0 aliphatic rings. The van der Waals surface area contributed by atoms with Crippen molar-refractivity contribution < 1.29 is 22.4 Å². The first kappa shape index (κ1) is 16.6.